The molecule has 0 saturated heterocycles. The molecule has 2 rings (SSSR count). The van der Waals surface area contributed by atoms with Crippen LogP contribution in [-0.4, -0.2) is 16.9 Å². The average Bonchev–Trinajstić information content (AvgIpc) is 2.73. The first-order valence-electron chi connectivity index (χ1n) is 5.72. The van der Waals surface area contributed by atoms with Gasteiger partial charge in [0.1, 0.15) is 0 Å². The Balaban J connectivity index is 0.00000242. The van der Waals surface area contributed by atoms with Gasteiger partial charge in [-0.3, -0.25) is 4.79 Å². The fourth-order valence-corrected chi connectivity index (χ4v) is 2.77. The van der Waals surface area contributed by atoms with Crippen LogP contribution in [0.2, 0.25) is 10.0 Å². The molecule has 0 aliphatic heterocycles. The predicted octanol–water partition coefficient (Wildman–Crippen LogP) is 2.96. The Morgan fingerprint density at radius 2 is 1.91 bits per heavy atom. The summed E-state index contributed by atoms with van der Waals surface area (Å²) < 4.78 is 0. The molecule has 5 N–H and O–H groups in total. The van der Waals surface area contributed by atoms with Crippen molar-refractivity contribution >= 4 is 69.6 Å². The summed E-state index contributed by atoms with van der Waals surface area (Å²) in [7, 11) is 0. The number of guanidine groups is 1. The molecule has 0 fully saturated rings. The molecule has 0 saturated carbocycles. The summed E-state index contributed by atoms with van der Waals surface area (Å²) in [6, 6.07) is 4.80. The molecule has 0 radical (unpaired) electrons. The van der Waals surface area contributed by atoms with Gasteiger partial charge in [-0.1, -0.05) is 23.2 Å². The van der Waals surface area contributed by atoms with Crippen LogP contribution in [0.3, 0.4) is 0 Å². The number of hydrogen-bond acceptors (Lipinski definition) is 4. The van der Waals surface area contributed by atoms with Gasteiger partial charge in [0.25, 0.3) is 0 Å². The van der Waals surface area contributed by atoms with Gasteiger partial charge in [0.15, 0.2) is 5.96 Å². The molecular formula is C12H12Cl3N5OS. The van der Waals surface area contributed by atoms with Gasteiger partial charge in [-0.05, 0) is 18.2 Å². The SMILES string of the molecule is Cl.NC(N)=Nc1nc(CC(=O)Nc2cc(Cl)cc(Cl)c2)cs1. The first-order valence-corrected chi connectivity index (χ1v) is 7.36. The minimum Gasteiger partial charge on any atom is -0.370 e. The Hall–Kier alpha value is -1.54. The van der Waals surface area contributed by atoms with E-state index in [1.807, 2.05) is 0 Å². The topological polar surface area (TPSA) is 106 Å². The van der Waals surface area contributed by atoms with Crippen LogP contribution in [0, 0.1) is 0 Å². The molecule has 22 heavy (non-hydrogen) atoms. The maximum Gasteiger partial charge on any atom is 0.230 e. The molecular weight excluding hydrogens is 369 g/mol. The van der Waals surface area contributed by atoms with E-state index in [0.29, 0.717) is 26.6 Å². The maximum absolute atomic E-state index is 11.9. The lowest BCUT2D eigenvalue weighted by Crippen LogP contribution is -2.21. The molecule has 1 aromatic heterocycles. The lowest BCUT2D eigenvalue weighted by atomic mass is 10.3. The number of rotatable bonds is 4. The number of aromatic nitrogens is 1. The molecule has 1 amide bonds. The molecule has 0 aliphatic carbocycles. The zero-order valence-corrected chi connectivity index (χ0v) is 14.2. The van der Waals surface area contributed by atoms with E-state index < -0.39 is 0 Å². The second-order valence-corrected chi connectivity index (χ2v) is 5.75. The molecule has 0 unspecified atom stereocenters. The molecule has 10 heteroatoms. The number of thiazole rings is 1. The largest absolute Gasteiger partial charge is 0.370 e. The summed E-state index contributed by atoms with van der Waals surface area (Å²) in [5, 5.41) is 5.71. The van der Waals surface area contributed by atoms with E-state index >= 15 is 0 Å². The van der Waals surface area contributed by atoms with Crippen molar-refractivity contribution in [1.82, 2.24) is 4.98 Å². The highest BCUT2D eigenvalue weighted by atomic mass is 35.5. The van der Waals surface area contributed by atoms with Gasteiger partial charge in [-0.2, -0.15) is 4.99 Å². The number of carbonyl (C=O) groups excluding carboxylic acids is 1. The zero-order valence-electron chi connectivity index (χ0n) is 11.0. The second kappa shape index (κ2) is 8.19. The molecule has 6 nitrogen and oxygen atoms in total. The first-order chi connectivity index (χ1) is 9.92. The van der Waals surface area contributed by atoms with E-state index in [1.165, 1.54) is 11.3 Å². The fraction of sp³-hybridized carbons (Fsp3) is 0.0833. The maximum atomic E-state index is 11.9. The molecule has 0 spiro atoms. The van der Waals surface area contributed by atoms with Gasteiger partial charge in [-0.25, -0.2) is 4.98 Å². The van der Waals surface area contributed by atoms with Crippen LogP contribution >= 0.6 is 46.9 Å². The van der Waals surface area contributed by atoms with Crippen LogP contribution in [0.25, 0.3) is 0 Å². The standard InChI is InChI=1S/C12H11Cl2N5OS.ClH/c13-6-1-7(14)3-8(2-6)17-10(20)4-9-5-21-12(18-9)19-11(15)16;/h1-3,5H,4H2,(H,17,20)(H4,15,16,18,19);1H. The number of amides is 1. The minimum absolute atomic E-state index is 0. The quantitative estimate of drug-likeness (QED) is 0.560. The second-order valence-electron chi connectivity index (χ2n) is 4.04. The molecule has 1 heterocycles. The highest BCUT2D eigenvalue weighted by Gasteiger charge is 2.09. The van der Waals surface area contributed by atoms with Crippen molar-refractivity contribution in [3.05, 3.63) is 39.3 Å². The molecule has 2 aromatic rings. The van der Waals surface area contributed by atoms with Crippen LogP contribution < -0.4 is 16.8 Å². The number of aliphatic imine (C=N–C) groups is 1. The summed E-state index contributed by atoms with van der Waals surface area (Å²) in [4.78, 5) is 19.9. The first kappa shape index (κ1) is 18.5. The normalized spacial score (nSPS) is 9.73. The molecule has 118 valence electrons. The lowest BCUT2D eigenvalue weighted by Gasteiger charge is -2.05. The number of hydrogen-bond donors (Lipinski definition) is 3. The number of nitrogens with one attached hydrogen (secondary N) is 1. The third-order valence-corrected chi connectivity index (χ3v) is 3.47. The van der Waals surface area contributed by atoms with Gasteiger partial charge in [0.05, 0.1) is 12.1 Å². The van der Waals surface area contributed by atoms with Gasteiger partial charge < -0.3 is 16.8 Å². The highest BCUT2D eigenvalue weighted by Crippen LogP contribution is 2.23. The van der Waals surface area contributed by atoms with Gasteiger partial charge in [0.2, 0.25) is 11.0 Å². The fourth-order valence-electron chi connectivity index (χ4n) is 1.53. The number of carbonyl (C=O) groups is 1. The van der Waals surface area contributed by atoms with E-state index in [4.69, 9.17) is 34.7 Å². The Labute approximate surface area is 146 Å². The van der Waals surface area contributed by atoms with Crippen molar-refractivity contribution in [2.24, 2.45) is 16.5 Å². The summed E-state index contributed by atoms with van der Waals surface area (Å²) in [6.45, 7) is 0. The Morgan fingerprint density at radius 1 is 1.27 bits per heavy atom. The Bertz CT molecular complexity index is 680. The summed E-state index contributed by atoms with van der Waals surface area (Å²) in [6.07, 6.45) is 0.0978. The molecule has 0 aliphatic rings. The Kier molecular flexibility index (Phi) is 6.89. The van der Waals surface area contributed by atoms with Crippen molar-refractivity contribution in [2.45, 2.75) is 6.42 Å². The summed E-state index contributed by atoms with van der Waals surface area (Å²) in [5.41, 5.74) is 11.6. The molecule has 0 bridgehead atoms. The lowest BCUT2D eigenvalue weighted by molar-refractivity contribution is -0.115. The number of nitrogens with zero attached hydrogens (tertiary/aromatic N) is 2. The van der Waals surface area contributed by atoms with Gasteiger partial charge >= 0.3 is 0 Å². The predicted molar refractivity (Wildman–Crippen MR) is 93.6 cm³/mol. The average molecular weight is 381 g/mol. The zero-order chi connectivity index (χ0) is 15.4. The van der Waals surface area contributed by atoms with Crippen LogP contribution in [0.5, 0.6) is 0 Å². The van der Waals surface area contributed by atoms with Gasteiger partial charge in [-0.15, -0.1) is 23.7 Å². The number of halogens is 3. The van der Waals surface area contributed by atoms with Crippen LogP contribution in [0.1, 0.15) is 5.69 Å². The third kappa shape index (κ3) is 5.69. The van der Waals surface area contributed by atoms with Crippen molar-refractivity contribution < 1.29 is 4.79 Å². The third-order valence-electron chi connectivity index (χ3n) is 2.25. The van der Waals surface area contributed by atoms with Crippen molar-refractivity contribution in [3.63, 3.8) is 0 Å². The van der Waals surface area contributed by atoms with Crippen molar-refractivity contribution in [1.29, 1.82) is 0 Å². The van der Waals surface area contributed by atoms with E-state index in [0.717, 1.165) is 0 Å². The monoisotopic (exact) mass is 379 g/mol. The van der Waals surface area contributed by atoms with E-state index in [9.17, 15) is 4.79 Å². The van der Waals surface area contributed by atoms with Gasteiger partial charge in [0, 0.05) is 21.1 Å². The van der Waals surface area contributed by atoms with Crippen LogP contribution in [-0.2, 0) is 11.2 Å². The van der Waals surface area contributed by atoms with Crippen molar-refractivity contribution in [3.8, 4) is 0 Å². The van der Waals surface area contributed by atoms with E-state index in [2.05, 4.69) is 15.3 Å². The highest BCUT2D eigenvalue weighted by molar-refractivity contribution is 7.13. The number of anilines is 1. The number of benzene rings is 1. The van der Waals surface area contributed by atoms with Crippen LogP contribution in [0.4, 0.5) is 10.8 Å². The minimum atomic E-state index is -0.241. The van der Waals surface area contributed by atoms with Crippen LogP contribution in [0.15, 0.2) is 28.6 Å². The van der Waals surface area contributed by atoms with E-state index in [1.54, 1.807) is 23.6 Å². The van der Waals surface area contributed by atoms with E-state index in [-0.39, 0.29) is 30.7 Å². The summed E-state index contributed by atoms with van der Waals surface area (Å²) in [5.74, 6) is -0.316. The number of nitrogens with two attached hydrogens (primary N) is 2. The smallest absolute Gasteiger partial charge is 0.230 e. The Morgan fingerprint density at radius 3 is 2.50 bits per heavy atom. The summed E-state index contributed by atoms with van der Waals surface area (Å²) >= 11 is 13.0. The van der Waals surface area contributed by atoms with Crippen molar-refractivity contribution in [2.75, 3.05) is 5.32 Å². The molecule has 1 aromatic carbocycles. The molecule has 0 atom stereocenters.